The van der Waals surface area contributed by atoms with Crippen molar-refractivity contribution >= 4 is 5.91 Å². The van der Waals surface area contributed by atoms with Gasteiger partial charge in [0, 0.05) is 12.6 Å². The molecule has 0 radical (unpaired) electrons. The third-order valence-corrected chi connectivity index (χ3v) is 5.07. The van der Waals surface area contributed by atoms with Gasteiger partial charge in [-0.25, -0.2) is 4.68 Å². The summed E-state index contributed by atoms with van der Waals surface area (Å²) in [5, 5.41) is 7.51. The summed E-state index contributed by atoms with van der Waals surface area (Å²) in [5.41, 5.74) is 3.09. The Hall–Kier alpha value is -2.43. The molecule has 0 saturated carbocycles. The fourth-order valence-corrected chi connectivity index (χ4v) is 3.60. The van der Waals surface area contributed by atoms with Gasteiger partial charge in [0.25, 0.3) is 5.56 Å². The zero-order valence-electron chi connectivity index (χ0n) is 15.4. The molecule has 0 bridgehead atoms. The Morgan fingerprint density at radius 2 is 1.96 bits per heavy atom. The number of amides is 1. The normalized spacial score (nSPS) is 15.0. The molecule has 1 aromatic carbocycles. The highest BCUT2D eigenvalue weighted by molar-refractivity contribution is 5.83. The molecule has 0 spiro atoms. The third kappa shape index (κ3) is 4.40. The minimum absolute atomic E-state index is 0.00140. The first-order chi connectivity index (χ1) is 12.7. The van der Waals surface area contributed by atoms with Gasteiger partial charge in [0.05, 0.1) is 18.2 Å². The van der Waals surface area contributed by atoms with Crippen molar-refractivity contribution in [3.63, 3.8) is 0 Å². The molecule has 1 heterocycles. The number of hydrogen-bond acceptors (Lipinski definition) is 3. The molecule has 5 heteroatoms. The Labute approximate surface area is 154 Å². The van der Waals surface area contributed by atoms with Crippen LogP contribution in [0.2, 0.25) is 0 Å². The zero-order chi connectivity index (χ0) is 18.4. The minimum atomic E-state index is -0.159. The molecular weight excluding hydrogens is 326 g/mol. The fraction of sp³-hybridized carbons (Fsp3) is 0.476. The van der Waals surface area contributed by atoms with Crippen LogP contribution in [0.4, 0.5) is 0 Å². The number of nitrogens with one attached hydrogen (secondary N) is 1. The first kappa shape index (κ1) is 18.4. The summed E-state index contributed by atoms with van der Waals surface area (Å²) < 4.78 is 1.49. The van der Waals surface area contributed by atoms with Gasteiger partial charge >= 0.3 is 0 Å². The third-order valence-electron chi connectivity index (χ3n) is 5.07. The van der Waals surface area contributed by atoms with Crippen molar-refractivity contribution in [2.75, 3.05) is 6.54 Å². The van der Waals surface area contributed by atoms with E-state index in [1.807, 2.05) is 37.3 Å². The molecule has 1 aliphatic carbocycles. The maximum atomic E-state index is 12.5. The fourth-order valence-electron chi connectivity index (χ4n) is 3.60. The lowest BCUT2D eigenvalue weighted by Gasteiger charge is -2.16. The largest absolute Gasteiger partial charge is 0.354 e. The molecule has 1 aliphatic rings. The van der Waals surface area contributed by atoms with Gasteiger partial charge in [-0.3, -0.25) is 9.59 Å². The number of benzene rings is 1. The lowest BCUT2D eigenvalue weighted by molar-refractivity contribution is -0.122. The van der Waals surface area contributed by atoms with Crippen LogP contribution in [0.15, 0.2) is 41.2 Å². The quantitative estimate of drug-likeness (QED) is 0.812. The number of aryl methyl sites for hydroxylation is 2. The maximum Gasteiger partial charge on any atom is 0.267 e. The van der Waals surface area contributed by atoms with Crippen LogP contribution >= 0.6 is 0 Å². The predicted octanol–water partition coefficient (Wildman–Crippen LogP) is 2.82. The van der Waals surface area contributed by atoms with E-state index in [-0.39, 0.29) is 17.4 Å². The van der Waals surface area contributed by atoms with E-state index in [4.69, 9.17) is 0 Å². The maximum absolute atomic E-state index is 12.5. The second-order valence-electron chi connectivity index (χ2n) is 6.90. The number of hydrogen-bond donors (Lipinski definition) is 1. The smallest absolute Gasteiger partial charge is 0.267 e. The standard InChI is InChI=1S/C21H27N3O2/c1-2-18(16-9-5-3-6-10-16)21(26)22-13-14-24-20(25)15-17-11-7-4-8-12-19(17)23-24/h3,5-6,9-10,15,18H,2,4,7-8,11-14H2,1H3,(H,22,26). The average molecular weight is 353 g/mol. The van der Waals surface area contributed by atoms with E-state index in [1.54, 1.807) is 6.07 Å². The highest BCUT2D eigenvalue weighted by Gasteiger charge is 2.18. The Balaban J connectivity index is 1.61. The highest BCUT2D eigenvalue weighted by Crippen LogP contribution is 2.19. The zero-order valence-corrected chi connectivity index (χ0v) is 15.4. The average Bonchev–Trinajstić information content (AvgIpc) is 2.88. The summed E-state index contributed by atoms with van der Waals surface area (Å²) in [6.07, 6.45) is 6.08. The van der Waals surface area contributed by atoms with Gasteiger partial charge in [0.1, 0.15) is 0 Å². The molecule has 5 nitrogen and oxygen atoms in total. The van der Waals surface area contributed by atoms with Gasteiger partial charge < -0.3 is 5.32 Å². The van der Waals surface area contributed by atoms with Crippen LogP contribution in [-0.4, -0.2) is 22.2 Å². The van der Waals surface area contributed by atoms with E-state index in [0.717, 1.165) is 48.9 Å². The van der Waals surface area contributed by atoms with E-state index in [1.165, 1.54) is 11.1 Å². The summed E-state index contributed by atoms with van der Waals surface area (Å²) in [6.45, 7) is 2.83. The molecule has 1 aromatic heterocycles. The van der Waals surface area contributed by atoms with Crippen LogP contribution in [0.3, 0.4) is 0 Å². The van der Waals surface area contributed by atoms with E-state index >= 15 is 0 Å². The summed E-state index contributed by atoms with van der Waals surface area (Å²) in [5.74, 6) is -0.158. The summed E-state index contributed by atoms with van der Waals surface area (Å²) in [7, 11) is 0. The molecule has 26 heavy (non-hydrogen) atoms. The van der Waals surface area contributed by atoms with Gasteiger partial charge in [-0.15, -0.1) is 0 Å². The molecule has 1 atom stereocenters. The second-order valence-corrected chi connectivity index (χ2v) is 6.90. The van der Waals surface area contributed by atoms with Crippen molar-refractivity contribution in [3.05, 3.63) is 63.6 Å². The molecule has 3 rings (SSSR count). The van der Waals surface area contributed by atoms with Crippen LogP contribution in [0.5, 0.6) is 0 Å². The Morgan fingerprint density at radius 1 is 1.19 bits per heavy atom. The minimum Gasteiger partial charge on any atom is -0.354 e. The first-order valence-corrected chi connectivity index (χ1v) is 9.61. The topological polar surface area (TPSA) is 64.0 Å². The van der Waals surface area contributed by atoms with Crippen LogP contribution in [-0.2, 0) is 24.2 Å². The Kier molecular flexibility index (Phi) is 6.21. The van der Waals surface area contributed by atoms with E-state index in [0.29, 0.717) is 13.1 Å². The monoisotopic (exact) mass is 353 g/mol. The number of rotatable bonds is 6. The molecule has 1 N–H and O–H groups in total. The van der Waals surface area contributed by atoms with Crippen molar-refractivity contribution in [2.45, 2.75) is 57.9 Å². The Morgan fingerprint density at radius 3 is 2.73 bits per heavy atom. The summed E-state index contributed by atoms with van der Waals surface area (Å²) >= 11 is 0. The van der Waals surface area contributed by atoms with Crippen molar-refractivity contribution in [1.82, 2.24) is 15.1 Å². The number of aromatic nitrogens is 2. The van der Waals surface area contributed by atoms with Crippen molar-refractivity contribution in [2.24, 2.45) is 0 Å². The number of carbonyl (C=O) groups excluding carboxylic acids is 1. The van der Waals surface area contributed by atoms with Crippen LogP contribution in [0, 0.1) is 0 Å². The molecule has 0 fully saturated rings. The van der Waals surface area contributed by atoms with Gasteiger partial charge in [-0.1, -0.05) is 43.7 Å². The second kappa shape index (κ2) is 8.79. The molecule has 2 aromatic rings. The van der Waals surface area contributed by atoms with Crippen LogP contribution in [0.1, 0.15) is 55.3 Å². The van der Waals surface area contributed by atoms with E-state index < -0.39 is 0 Å². The van der Waals surface area contributed by atoms with E-state index in [2.05, 4.69) is 10.4 Å². The van der Waals surface area contributed by atoms with Crippen molar-refractivity contribution < 1.29 is 4.79 Å². The van der Waals surface area contributed by atoms with Gasteiger partial charge in [-0.2, -0.15) is 5.10 Å². The van der Waals surface area contributed by atoms with Gasteiger partial charge in [0.2, 0.25) is 5.91 Å². The highest BCUT2D eigenvalue weighted by atomic mass is 16.2. The SMILES string of the molecule is CCC(C(=O)NCCn1nc2c(cc1=O)CCCCC2)c1ccccc1. The summed E-state index contributed by atoms with van der Waals surface area (Å²) in [6, 6.07) is 11.5. The van der Waals surface area contributed by atoms with Crippen molar-refractivity contribution in [3.8, 4) is 0 Å². The molecule has 1 amide bonds. The number of carbonyl (C=O) groups is 1. The molecular formula is C21H27N3O2. The van der Waals surface area contributed by atoms with Crippen molar-refractivity contribution in [1.29, 1.82) is 0 Å². The predicted molar refractivity (Wildman–Crippen MR) is 102 cm³/mol. The first-order valence-electron chi connectivity index (χ1n) is 9.61. The van der Waals surface area contributed by atoms with E-state index in [9.17, 15) is 9.59 Å². The number of fused-ring (bicyclic) bond motifs is 1. The lowest BCUT2D eigenvalue weighted by Crippen LogP contribution is -2.35. The lowest BCUT2D eigenvalue weighted by atomic mass is 9.96. The van der Waals surface area contributed by atoms with Crippen LogP contribution < -0.4 is 10.9 Å². The molecule has 138 valence electrons. The van der Waals surface area contributed by atoms with Gasteiger partial charge in [0.15, 0.2) is 0 Å². The molecule has 0 aliphatic heterocycles. The molecule has 1 unspecified atom stereocenters. The number of nitrogens with zero attached hydrogens (tertiary/aromatic N) is 2. The van der Waals surface area contributed by atoms with Gasteiger partial charge in [-0.05, 0) is 43.2 Å². The Bertz CT molecular complexity index is 799. The van der Waals surface area contributed by atoms with Crippen LogP contribution in [0.25, 0.3) is 0 Å². The summed E-state index contributed by atoms with van der Waals surface area (Å²) in [4.78, 5) is 24.8. The molecule has 0 saturated heterocycles.